The first kappa shape index (κ1) is 27.8. The largest absolute Gasteiger partial charge is 1.00 e. The number of carboxylic acid groups (broad SMARTS) is 1. The monoisotopic (exact) mass is 556 g/mol. The van der Waals surface area contributed by atoms with Gasteiger partial charge in [-0.25, -0.2) is 23.5 Å². The normalized spacial score (nSPS) is 22.0. The molecule has 4 heterocycles. The maximum absolute atomic E-state index is 14.1. The number of thiazole rings is 1. The van der Waals surface area contributed by atoms with Gasteiger partial charge in [0.25, 0.3) is 12.3 Å². The zero-order chi connectivity index (χ0) is 25.1. The quantitative estimate of drug-likeness (QED) is 0.402. The summed E-state index contributed by atoms with van der Waals surface area (Å²) >= 11 is 0.569. The topological polar surface area (TPSA) is 95.4 Å². The fourth-order valence-electron chi connectivity index (χ4n) is 5.08. The van der Waals surface area contributed by atoms with E-state index in [0.717, 1.165) is 37.9 Å². The van der Waals surface area contributed by atoms with E-state index in [1.807, 2.05) is 0 Å². The molecule has 2 bridgehead atoms. The first-order valence-corrected chi connectivity index (χ1v) is 12.0. The molecule has 2 aromatic heterocycles. The standard InChI is InChI=1S/C22H21F5N4O3S.K.H/c23-18(24)12-7-14(29-17(9-1-2-9)22(25,26)27)28-8-13(12)16-15(30-19(35-16)21(33)34)20(32)31-10-3-4-11(31)6-5-10;;/h7-11,17-18H,1-6H2,(H,28,29)(H,33,34);;/q;+1;-1/t10?,11?,17-;;/m0../s1. The molecule has 2 saturated heterocycles. The van der Waals surface area contributed by atoms with Crippen LogP contribution in [0.2, 0.25) is 0 Å². The molecular weight excluding hydrogens is 534 g/mol. The van der Waals surface area contributed by atoms with E-state index >= 15 is 0 Å². The number of halogens is 5. The van der Waals surface area contributed by atoms with E-state index in [4.69, 9.17) is 0 Å². The van der Waals surface area contributed by atoms with Crippen molar-refractivity contribution in [3.8, 4) is 10.4 Å². The number of nitrogens with zero attached hydrogens (tertiary/aromatic N) is 3. The number of carbonyl (C=O) groups excluding carboxylic acids is 1. The molecule has 1 atom stereocenters. The molecule has 0 aromatic carbocycles. The Morgan fingerprint density at radius 3 is 2.25 bits per heavy atom. The number of anilines is 1. The van der Waals surface area contributed by atoms with E-state index in [1.165, 1.54) is 0 Å². The number of aromatic carboxylic acids is 1. The van der Waals surface area contributed by atoms with Crippen molar-refractivity contribution in [3.05, 3.63) is 28.5 Å². The molecule has 2 aliphatic heterocycles. The molecule has 36 heavy (non-hydrogen) atoms. The van der Waals surface area contributed by atoms with E-state index in [-0.39, 0.29) is 86.8 Å². The van der Waals surface area contributed by atoms with Crippen molar-refractivity contribution < 1.29 is 89.5 Å². The summed E-state index contributed by atoms with van der Waals surface area (Å²) in [6, 6.07) is -1.08. The number of amides is 1. The van der Waals surface area contributed by atoms with Crippen LogP contribution in [0.4, 0.5) is 27.8 Å². The number of hydrogen-bond donors (Lipinski definition) is 2. The molecule has 1 amide bonds. The van der Waals surface area contributed by atoms with E-state index in [9.17, 15) is 36.6 Å². The summed E-state index contributed by atoms with van der Waals surface area (Å²) in [7, 11) is 0. The van der Waals surface area contributed by atoms with Crippen molar-refractivity contribution in [1.82, 2.24) is 14.9 Å². The molecule has 190 valence electrons. The molecule has 0 spiro atoms. The zero-order valence-electron chi connectivity index (χ0n) is 20.2. The number of nitrogens with one attached hydrogen (secondary N) is 1. The number of hydrogen-bond acceptors (Lipinski definition) is 6. The Kier molecular flexibility index (Phi) is 8.13. The van der Waals surface area contributed by atoms with E-state index in [2.05, 4.69) is 15.3 Å². The van der Waals surface area contributed by atoms with Crippen molar-refractivity contribution in [2.24, 2.45) is 5.92 Å². The van der Waals surface area contributed by atoms with Crippen LogP contribution in [0.1, 0.15) is 72.2 Å². The van der Waals surface area contributed by atoms with Gasteiger partial charge < -0.3 is 16.7 Å². The third-order valence-electron chi connectivity index (χ3n) is 6.87. The van der Waals surface area contributed by atoms with Crippen molar-refractivity contribution in [2.75, 3.05) is 5.32 Å². The van der Waals surface area contributed by atoms with Crippen molar-refractivity contribution in [3.63, 3.8) is 0 Å². The summed E-state index contributed by atoms with van der Waals surface area (Å²) in [6.45, 7) is 0. The van der Waals surface area contributed by atoms with Gasteiger partial charge in [0.2, 0.25) is 5.01 Å². The van der Waals surface area contributed by atoms with Crippen LogP contribution in [0.3, 0.4) is 0 Å². The fourth-order valence-corrected chi connectivity index (χ4v) is 6.01. The summed E-state index contributed by atoms with van der Waals surface area (Å²) in [5.74, 6) is -2.96. The number of aromatic nitrogens is 2. The molecular formula is C22H22F5KN4O3S. The van der Waals surface area contributed by atoms with Gasteiger partial charge in [-0.15, -0.1) is 11.3 Å². The Labute approximate surface area is 250 Å². The van der Waals surface area contributed by atoms with Crippen LogP contribution in [-0.4, -0.2) is 56.2 Å². The van der Waals surface area contributed by atoms with Gasteiger partial charge in [-0.05, 0) is 50.5 Å². The first-order chi connectivity index (χ1) is 16.5. The number of pyridine rings is 1. The molecule has 7 nitrogen and oxygen atoms in total. The third kappa shape index (κ3) is 5.34. The Bertz CT molecular complexity index is 1160. The number of rotatable bonds is 7. The van der Waals surface area contributed by atoms with Crippen molar-refractivity contribution >= 4 is 29.0 Å². The van der Waals surface area contributed by atoms with Crippen LogP contribution in [-0.2, 0) is 0 Å². The molecule has 1 saturated carbocycles. The number of fused-ring (bicyclic) bond motifs is 2. The van der Waals surface area contributed by atoms with Crippen LogP contribution in [0.15, 0.2) is 12.3 Å². The predicted octanol–water partition coefficient (Wildman–Crippen LogP) is 2.48. The molecule has 3 aliphatic rings. The van der Waals surface area contributed by atoms with Gasteiger partial charge >= 0.3 is 63.5 Å². The van der Waals surface area contributed by atoms with Crippen LogP contribution in [0.25, 0.3) is 10.4 Å². The maximum Gasteiger partial charge on any atom is 1.00 e. The zero-order valence-corrected chi connectivity index (χ0v) is 23.1. The summed E-state index contributed by atoms with van der Waals surface area (Å²) in [5, 5.41) is 11.2. The van der Waals surface area contributed by atoms with Crippen LogP contribution >= 0.6 is 11.3 Å². The van der Waals surface area contributed by atoms with Gasteiger partial charge in [0, 0.05) is 29.4 Å². The van der Waals surface area contributed by atoms with Crippen molar-refractivity contribution in [1.29, 1.82) is 0 Å². The van der Waals surface area contributed by atoms with Crippen LogP contribution < -0.4 is 56.7 Å². The fraction of sp³-hybridized carbons (Fsp3) is 0.545. The molecule has 14 heteroatoms. The van der Waals surface area contributed by atoms with Gasteiger partial charge in [-0.1, -0.05) is 0 Å². The molecule has 5 rings (SSSR count). The average molecular weight is 557 g/mol. The van der Waals surface area contributed by atoms with Crippen LogP contribution in [0.5, 0.6) is 0 Å². The van der Waals surface area contributed by atoms with E-state index in [0.29, 0.717) is 24.2 Å². The Morgan fingerprint density at radius 2 is 1.75 bits per heavy atom. The van der Waals surface area contributed by atoms with Crippen molar-refractivity contribution in [2.45, 2.75) is 69.3 Å². The summed E-state index contributed by atoms with van der Waals surface area (Å²) < 4.78 is 68.3. The van der Waals surface area contributed by atoms with Gasteiger partial charge in [-0.3, -0.25) is 4.79 Å². The third-order valence-corrected chi connectivity index (χ3v) is 7.94. The summed E-state index contributed by atoms with van der Waals surface area (Å²) in [4.78, 5) is 34.4. The van der Waals surface area contributed by atoms with Gasteiger partial charge in [0.05, 0.1) is 4.88 Å². The minimum Gasteiger partial charge on any atom is -1.00 e. The predicted molar refractivity (Wildman–Crippen MR) is 117 cm³/mol. The number of alkyl halides is 5. The Morgan fingerprint density at radius 1 is 1.14 bits per heavy atom. The SMILES string of the molecule is O=C(O)c1nc(C(=O)N2C3CCC2CC3)c(-c2cnc(N[C@@H](C3CC3)C(F)(F)F)cc2C(F)F)s1.[H-].[K+]. The van der Waals surface area contributed by atoms with E-state index in [1.54, 1.807) is 4.90 Å². The minimum atomic E-state index is -4.57. The van der Waals surface area contributed by atoms with Gasteiger partial charge in [0.1, 0.15) is 17.6 Å². The average Bonchev–Trinajstić information content (AvgIpc) is 3.23. The first-order valence-electron chi connectivity index (χ1n) is 11.2. The molecule has 2 N–H and O–H groups in total. The maximum atomic E-state index is 14.1. The van der Waals surface area contributed by atoms with Crippen LogP contribution in [0, 0.1) is 5.92 Å². The number of carboxylic acids is 1. The summed E-state index contributed by atoms with van der Waals surface area (Å²) in [5.41, 5.74) is -1.12. The molecule has 2 aromatic rings. The Balaban J connectivity index is 0.00000190. The molecule has 0 radical (unpaired) electrons. The smallest absolute Gasteiger partial charge is 1.00 e. The van der Waals surface area contributed by atoms with Gasteiger partial charge in [0.15, 0.2) is 0 Å². The molecule has 3 fully saturated rings. The molecule has 1 aliphatic carbocycles. The Hall–Kier alpha value is -1.19. The molecule has 0 unspecified atom stereocenters. The number of carbonyl (C=O) groups is 2. The minimum absolute atomic E-state index is 0. The second-order valence-electron chi connectivity index (χ2n) is 9.14. The second kappa shape index (κ2) is 10.5. The van der Waals surface area contributed by atoms with E-state index < -0.39 is 47.0 Å². The van der Waals surface area contributed by atoms with Gasteiger partial charge in [-0.2, -0.15) is 13.2 Å². The second-order valence-corrected chi connectivity index (χ2v) is 10.1. The summed E-state index contributed by atoms with van der Waals surface area (Å²) in [6.07, 6.45) is -2.73.